The highest BCUT2D eigenvalue weighted by Crippen LogP contribution is 2.56. The molecular weight excluding hydrogens is 318 g/mol. The van der Waals surface area contributed by atoms with E-state index in [1.807, 2.05) is 17.7 Å². The molecule has 2 unspecified atom stereocenters. The number of aliphatic hydroxyl groups is 1. The quantitative estimate of drug-likeness (QED) is 0.825. The van der Waals surface area contributed by atoms with Crippen LogP contribution >= 0.6 is 0 Å². The van der Waals surface area contributed by atoms with Gasteiger partial charge in [-0.3, -0.25) is 14.2 Å². The molecule has 7 heteroatoms. The number of aromatic nitrogens is 4. The molecule has 2 heterocycles. The molecule has 0 bridgehead atoms. The molecule has 25 heavy (non-hydrogen) atoms. The lowest BCUT2D eigenvalue weighted by Crippen LogP contribution is -2.27. The third kappa shape index (κ3) is 2.40. The minimum absolute atomic E-state index is 0.249. The number of hydrogen-bond donors (Lipinski definition) is 2. The Bertz CT molecular complexity index is 794. The van der Waals surface area contributed by atoms with Crippen LogP contribution in [0.5, 0.6) is 0 Å². The maximum absolute atomic E-state index is 11.4. The normalized spacial score (nSPS) is 31.4. The van der Waals surface area contributed by atoms with Crippen molar-refractivity contribution < 1.29 is 9.90 Å². The molecule has 0 aliphatic heterocycles. The Morgan fingerprint density at radius 3 is 2.68 bits per heavy atom. The highest BCUT2D eigenvalue weighted by atomic mass is 16.3. The molecule has 2 fully saturated rings. The van der Waals surface area contributed by atoms with Crippen molar-refractivity contribution in [2.24, 2.45) is 18.9 Å². The summed E-state index contributed by atoms with van der Waals surface area (Å²) in [5.74, 6) is 1.57. The van der Waals surface area contributed by atoms with E-state index in [2.05, 4.69) is 10.2 Å². The summed E-state index contributed by atoms with van der Waals surface area (Å²) in [6, 6.07) is 1.94. The topological polar surface area (TPSA) is 99.0 Å². The summed E-state index contributed by atoms with van der Waals surface area (Å²) in [6.07, 6.45) is 5.98. The van der Waals surface area contributed by atoms with E-state index in [0.717, 1.165) is 49.9 Å². The Kier molecular flexibility index (Phi) is 3.72. The van der Waals surface area contributed by atoms with Crippen molar-refractivity contribution in [2.75, 3.05) is 5.73 Å². The van der Waals surface area contributed by atoms with Gasteiger partial charge in [0.05, 0.1) is 17.0 Å². The molecule has 2 aromatic heterocycles. The fraction of sp³-hybridized carbons (Fsp3) is 0.611. The van der Waals surface area contributed by atoms with Gasteiger partial charge in [-0.15, -0.1) is 0 Å². The number of nitrogens with two attached hydrogens (primary N) is 1. The molecule has 2 aliphatic carbocycles. The van der Waals surface area contributed by atoms with E-state index in [0.29, 0.717) is 23.2 Å². The summed E-state index contributed by atoms with van der Waals surface area (Å²) < 4.78 is 3.48. The van der Waals surface area contributed by atoms with E-state index in [9.17, 15) is 9.90 Å². The van der Waals surface area contributed by atoms with Crippen LogP contribution in [0, 0.1) is 11.8 Å². The van der Waals surface area contributed by atoms with Gasteiger partial charge >= 0.3 is 0 Å². The van der Waals surface area contributed by atoms with Crippen LogP contribution in [0.25, 0.3) is 0 Å². The predicted octanol–water partition coefficient (Wildman–Crippen LogP) is 1.82. The first-order chi connectivity index (χ1) is 12.0. The van der Waals surface area contributed by atoms with Crippen molar-refractivity contribution in [3.05, 3.63) is 29.2 Å². The van der Waals surface area contributed by atoms with E-state index in [1.165, 1.54) is 0 Å². The average Bonchev–Trinajstić information content (AvgIpc) is 3.30. The molecule has 3 N–H and O–H groups in total. The third-order valence-corrected chi connectivity index (χ3v) is 6.20. The van der Waals surface area contributed by atoms with Crippen LogP contribution < -0.4 is 5.73 Å². The Morgan fingerprint density at radius 1 is 1.40 bits per heavy atom. The molecule has 0 radical (unpaired) electrons. The first-order valence-electron chi connectivity index (χ1n) is 8.99. The summed E-state index contributed by atoms with van der Waals surface area (Å²) in [5, 5.41) is 20.0. The fourth-order valence-electron chi connectivity index (χ4n) is 5.07. The van der Waals surface area contributed by atoms with E-state index >= 15 is 0 Å². The van der Waals surface area contributed by atoms with Crippen LogP contribution in [-0.4, -0.2) is 31.0 Å². The molecule has 4 rings (SSSR count). The van der Waals surface area contributed by atoms with Crippen molar-refractivity contribution in [3.63, 3.8) is 0 Å². The van der Waals surface area contributed by atoms with Crippen molar-refractivity contribution in [1.29, 1.82) is 0 Å². The second-order valence-electron chi connectivity index (χ2n) is 7.59. The van der Waals surface area contributed by atoms with E-state index in [4.69, 9.17) is 5.73 Å². The number of nitrogens with zero attached hydrogens (tertiary/aromatic N) is 4. The highest BCUT2D eigenvalue weighted by Gasteiger charge is 2.51. The summed E-state index contributed by atoms with van der Waals surface area (Å²) in [7, 11) is 1.77. The minimum atomic E-state index is -0.788. The van der Waals surface area contributed by atoms with Gasteiger partial charge in [-0.2, -0.15) is 10.2 Å². The minimum Gasteiger partial charge on any atom is -0.384 e. The number of carbonyl (C=O) groups excluding carboxylic acids is 1. The zero-order valence-corrected chi connectivity index (χ0v) is 14.7. The van der Waals surface area contributed by atoms with E-state index < -0.39 is 5.60 Å². The number of fused-ring (bicyclic) bond motifs is 1. The van der Waals surface area contributed by atoms with Crippen LogP contribution in [-0.2, 0) is 19.2 Å². The van der Waals surface area contributed by atoms with Gasteiger partial charge in [0.25, 0.3) is 0 Å². The molecule has 0 saturated heterocycles. The zero-order chi connectivity index (χ0) is 17.8. The molecule has 0 amide bonds. The molecule has 2 atom stereocenters. The van der Waals surface area contributed by atoms with Crippen molar-refractivity contribution in [1.82, 2.24) is 19.6 Å². The zero-order valence-electron chi connectivity index (χ0n) is 14.7. The maximum Gasteiger partial charge on any atom is 0.155 e. The number of aryl methyl sites for hydroxylation is 2. The number of carbonyl (C=O) groups is 1. The Balaban J connectivity index is 1.55. The SMILES string of the molecule is CCn1nccc1C1(O)CC2CC(c3nn(C)c(N)c3C=O)CC2C1. The largest absolute Gasteiger partial charge is 0.384 e. The number of anilines is 1. The smallest absolute Gasteiger partial charge is 0.155 e. The first-order valence-corrected chi connectivity index (χ1v) is 8.99. The summed E-state index contributed by atoms with van der Waals surface area (Å²) >= 11 is 0. The Morgan fingerprint density at radius 2 is 2.08 bits per heavy atom. The van der Waals surface area contributed by atoms with Gasteiger partial charge in [0.15, 0.2) is 6.29 Å². The molecule has 2 aromatic rings. The van der Waals surface area contributed by atoms with Crippen molar-refractivity contribution in [3.8, 4) is 0 Å². The Labute approximate surface area is 146 Å². The van der Waals surface area contributed by atoms with Crippen LogP contribution in [0.1, 0.15) is 60.3 Å². The second-order valence-corrected chi connectivity index (χ2v) is 7.59. The molecule has 2 aliphatic rings. The van der Waals surface area contributed by atoms with E-state index in [1.54, 1.807) is 17.9 Å². The van der Waals surface area contributed by atoms with Crippen molar-refractivity contribution in [2.45, 2.75) is 50.7 Å². The lowest BCUT2D eigenvalue weighted by atomic mass is 9.90. The van der Waals surface area contributed by atoms with Gasteiger partial charge in [-0.05, 0) is 50.5 Å². The molecule has 134 valence electrons. The van der Waals surface area contributed by atoms with Gasteiger partial charge in [0.1, 0.15) is 11.4 Å². The standard InChI is InChI=1S/C18H25N5O2/c1-3-23-15(4-5-20-23)18(25)8-12-6-11(7-13(12)9-18)16-14(10-24)17(19)22(2)21-16/h4-5,10-13,25H,3,6-9,19H2,1-2H3. The lowest BCUT2D eigenvalue weighted by Gasteiger charge is -2.25. The lowest BCUT2D eigenvalue weighted by molar-refractivity contribution is 0.0255. The predicted molar refractivity (Wildman–Crippen MR) is 93.0 cm³/mol. The van der Waals surface area contributed by atoms with Crippen LogP contribution in [0.3, 0.4) is 0 Å². The number of nitrogen functional groups attached to an aromatic ring is 1. The number of rotatable bonds is 4. The first kappa shape index (κ1) is 16.3. The molecule has 0 aromatic carbocycles. The summed E-state index contributed by atoms with van der Waals surface area (Å²) in [5.41, 5.74) is 7.45. The van der Waals surface area contributed by atoms with Gasteiger partial charge < -0.3 is 10.8 Å². The van der Waals surface area contributed by atoms with Crippen LogP contribution in [0.15, 0.2) is 12.3 Å². The van der Waals surface area contributed by atoms with Gasteiger partial charge in [0, 0.05) is 25.7 Å². The number of aldehydes is 1. The molecular formula is C18H25N5O2. The fourth-order valence-corrected chi connectivity index (χ4v) is 5.07. The molecule has 7 nitrogen and oxygen atoms in total. The summed E-state index contributed by atoms with van der Waals surface area (Å²) in [6.45, 7) is 2.80. The third-order valence-electron chi connectivity index (χ3n) is 6.20. The maximum atomic E-state index is 11.4. The number of hydrogen-bond acceptors (Lipinski definition) is 5. The molecule has 0 spiro atoms. The van der Waals surface area contributed by atoms with Crippen LogP contribution in [0.4, 0.5) is 5.82 Å². The molecule has 2 saturated carbocycles. The van der Waals surface area contributed by atoms with Gasteiger partial charge in [-0.25, -0.2) is 0 Å². The monoisotopic (exact) mass is 343 g/mol. The van der Waals surface area contributed by atoms with Crippen LogP contribution in [0.2, 0.25) is 0 Å². The summed E-state index contributed by atoms with van der Waals surface area (Å²) in [4.78, 5) is 11.4. The van der Waals surface area contributed by atoms with E-state index in [-0.39, 0.29) is 5.92 Å². The highest BCUT2D eigenvalue weighted by molar-refractivity contribution is 5.83. The second kappa shape index (κ2) is 5.69. The van der Waals surface area contributed by atoms with Gasteiger partial charge in [-0.1, -0.05) is 0 Å². The van der Waals surface area contributed by atoms with Crippen molar-refractivity contribution >= 4 is 12.1 Å². The van der Waals surface area contributed by atoms with Gasteiger partial charge in [0.2, 0.25) is 0 Å². The Hall–Kier alpha value is -2.15. The average molecular weight is 343 g/mol.